The Morgan fingerprint density at radius 2 is 1.84 bits per heavy atom. The zero-order valence-electron chi connectivity index (χ0n) is 17.3. The summed E-state index contributed by atoms with van der Waals surface area (Å²) in [7, 11) is 3.04. The minimum Gasteiger partial charge on any atom is -0.507 e. The van der Waals surface area contributed by atoms with Crippen molar-refractivity contribution in [1.29, 1.82) is 0 Å². The number of anilines is 1. The number of rotatable bonds is 2. The summed E-state index contributed by atoms with van der Waals surface area (Å²) in [5, 5.41) is 21.8. The fourth-order valence-electron chi connectivity index (χ4n) is 5.67. The molecule has 11 heteroatoms. The van der Waals surface area contributed by atoms with Gasteiger partial charge in [-0.25, -0.2) is 0 Å². The van der Waals surface area contributed by atoms with Crippen LogP contribution in [-0.2, 0) is 25.6 Å². The van der Waals surface area contributed by atoms with E-state index in [4.69, 9.17) is 23.1 Å². The molecule has 0 heterocycles. The number of primary amides is 1. The Kier molecular flexibility index (Phi) is 4.96. The highest BCUT2D eigenvalue weighted by atomic mass is 35.5. The number of nitrogens with zero attached hydrogens (tertiary/aromatic N) is 1. The number of phenols is 1. The smallest absolute Gasteiger partial charge is 0.235 e. The molecule has 2 fully saturated rings. The van der Waals surface area contributed by atoms with Crippen LogP contribution in [0.4, 0.5) is 5.69 Å². The van der Waals surface area contributed by atoms with Gasteiger partial charge in [-0.05, 0) is 38.4 Å². The highest BCUT2D eigenvalue weighted by molar-refractivity contribution is 6.35. The van der Waals surface area contributed by atoms with Crippen LogP contribution < -0.4 is 11.5 Å². The van der Waals surface area contributed by atoms with Crippen LogP contribution in [0.25, 0.3) is 0 Å². The van der Waals surface area contributed by atoms with Crippen molar-refractivity contribution in [2.75, 3.05) is 19.8 Å². The summed E-state index contributed by atoms with van der Waals surface area (Å²) in [6, 6.07) is -0.0595. The maximum Gasteiger partial charge on any atom is 0.235 e. The highest BCUT2D eigenvalue weighted by Crippen LogP contribution is 2.51. The molecule has 32 heavy (non-hydrogen) atoms. The molecule has 1 aromatic carbocycles. The number of Topliss-reactive ketones (excluding diaryl/α,β-unsaturated/α-hetero) is 4. The number of carbonyl (C=O) groups is 5. The molecule has 1 aromatic rings. The fraction of sp³-hybridized carbons (Fsp3) is 0.476. The van der Waals surface area contributed by atoms with E-state index in [9.17, 15) is 34.2 Å². The van der Waals surface area contributed by atoms with E-state index in [-0.39, 0.29) is 34.7 Å². The molecule has 0 bridgehead atoms. The molecule has 4 rings (SSSR count). The second-order valence-corrected chi connectivity index (χ2v) is 9.34. The highest BCUT2D eigenvalue weighted by Gasteiger charge is 2.69. The molecule has 170 valence electrons. The first-order chi connectivity index (χ1) is 14.8. The lowest BCUT2D eigenvalue weighted by Gasteiger charge is -2.52. The van der Waals surface area contributed by atoms with Crippen molar-refractivity contribution >= 4 is 46.3 Å². The second-order valence-electron chi connectivity index (χ2n) is 8.93. The number of nitrogen functional groups attached to an aromatic ring is 1. The van der Waals surface area contributed by atoms with E-state index in [2.05, 4.69) is 0 Å². The molecule has 0 spiro atoms. The van der Waals surface area contributed by atoms with Gasteiger partial charge in [0.05, 0.1) is 28.2 Å². The normalized spacial score (nSPS) is 34.2. The number of aromatic hydroxyl groups is 1. The summed E-state index contributed by atoms with van der Waals surface area (Å²) in [5.74, 6) is -11.1. The number of halogens is 1. The predicted molar refractivity (Wildman–Crippen MR) is 111 cm³/mol. The Hall–Kier alpha value is -2.82. The number of hydrogen-bond acceptors (Lipinski definition) is 9. The molecule has 0 radical (unpaired) electrons. The number of benzene rings is 1. The monoisotopic (exact) mass is 463 g/mol. The van der Waals surface area contributed by atoms with E-state index in [1.807, 2.05) is 0 Å². The van der Waals surface area contributed by atoms with Crippen molar-refractivity contribution in [1.82, 2.24) is 4.90 Å². The predicted octanol–water partition coefficient (Wildman–Crippen LogP) is -0.897. The van der Waals surface area contributed by atoms with Crippen molar-refractivity contribution in [2.24, 2.45) is 29.4 Å². The number of aliphatic hydroxyl groups is 1. The maximum absolute atomic E-state index is 13.5. The van der Waals surface area contributed by atoms with Gasteiger partial charge >= 0.3 is 0 Å². The molecule has 6 unspecified atom stereocenters. The van der Waals surface area contributed by atoms with Crippen LogP contribution in [0.1, 0.15) is 22.3 Å². The average Bonchev–Trinajstić information content (AvgIpc) is 2.68. The van der Waals surface area contributed by atoms with Gasteiger partial charge in [0, 0.05) is 12.0 Å². The van der Waals surface area contributed by atoms with Crippen LogP contribution in [0.15, 0.2) is 6.07 Å². The Morgan fingerprint density at radius 3 is 2.41 bits per heavy atom. The van der Waals surface area contributed by atoms with E-state index in [0.29, 0.717) is 0 Å². The first-order valence-electron chi connectivity index (χ1n) is 9.98. The van der Waals surface area contributed by atoms with Gasteiger partial charge in [0.1, 0.15) is 5.75 Å². The minimum atomic E-state index is -2.75. The Labute approximate surface area is 187 Å². The third-order valence-electron chi connectivity index (χ3n) is 7.06. The van der Waals surface area contributed by atoms with Gasteiger partial charge in [0.2, 0.25) is 5.91 Å². The number of carbonyl (C=O) groups excluding carboxylic acids is 5. The van der Waals surface area contributed by atoms with Crippen LogP contribution in [0, 0.1) is 23.7 Å². The van der Waals surface area contributed by atoms with Gasteiger partial charge in [-0.3, -0.25) is 28.9 Å². The van der Waals surface area contributed by atoms with E-state index in [0.717, 1.165) is 6.07 Å². The molecule has 1 amide bonds. The van der Waals surface area contributed by atoms with Crippen molar-refractivity contribution in [3.8, 4) is 5.75 Å². The fourth-order valence-corrected chi connectivity index (χ4v) is 5.89. The number of phenolic OH excluding ortho intramolecular Hbond substituents is 1. The number of amides is 1. The Balaban J connectivity index is 1.89. The zero-order chi connectivity index (χ0) is 23.9. The summed E-state index contributed by atoms with van der Waals surface area (Å²) in [5.41, 5.74) is 8.73. The van der Waals surface area contributed by atoms with Crippen LogP contribution in [-0.4, -0.2) is 69.9 Å². The molecule has 0 aromatic heterocycles. The molecular formula is C21H22ClN3O7. The van der Waals surface area contributed by atoms with Crippen LogP contribution in [0.5, 0.6) is 5.75 Å². The number of fused-ring (bicyclic) bond motifs is 3. The zero-order valence-corrected chi connectivity index (χ0v) is 18.0. The molecular weight excluding hydrogens is 442 g/mol. The SMILES string of the molecule is CN(C)C1C(=O)C(C(N)=O)C(=O)C2(O)C(=O)C3C(=O)c4c(O)cc(Cl)c(N)c4CC3CC12. The van der Waals surface area contributed by atoms with Crippen LogP contribution in [0.2, 0.25) is 5.02 Å². The van der Waals surface area contributed by atoms with Crippen molar-refractivity contribution < 1.29 is 34.2 Å². The summed E-state index contributed by atoms with van der Waals surface area (Å²) < 4.78 is 0. The van der Waals surface area contributed by atoms with Crippen molar-refractivity contribution in [3.05, 3.63) is 22.2 Å². The summed E-state index contributed by atoms with van der Waals surface area (Å²) in [6.45, 7) is 0. The van der Waals surface area contributed by atoms with Crippen LogP contribution >= 0.6 is 11.6 Å². The number of hydrogen-bond donors (Lipinski definition) is 4. The first-order valence-corrected chi connectivity index (χ1v) is 10.4. The van der Waals surface area contributed by atoms with E-state index < -0.39 is 70.1 Å². The van der Waals surface area contributed by atoms with Gasteiger partial charge in [0.25, 0.3) is 0 Å². The lowest BCUT2D eigenvalue weighted by atomic mass is 9.52. The molecule has 3 aliphatic carbocycles. The molecule has 6 atom stereocenters. The van der Waals surface area contributed by atoms with Gasteiger partial charge < -0.3 is 21.7 Å². The van der Waals surface area contributed by atoms with E-state index in [1.54, 1.807) is 0 Å². The number of likely N-dealkylation sites (N-methyl/N-ethyl adjacent to an activating group) is 1. The first kappa shape index (κ1) is 22.4. The Morgan fingerprint density at radius 1 is 1.22 bits per heavy atom. The van der Waals surface area contributed by atoms with Crippen LogP contribution in [0.3, 0.4) is 0 Å². The molecule has 10 nitrogen and oxygen atoms in total. The second kappa shape index (κ2) is 7.09. The average molecular weight is 464 g/mol. The quantitative estimate of drug-likeness (QED) is 0.245. The summed E-state index contributed by atoms with van der Waals surface area (Å²) in [6.07, 6.45) is 0.0302. The lowest BCUT2D eigenvalue weighted by molar-refractivity contribution is -0.181. The maximum atomic E-state index is 13.5. The molecule has 6 N–H and O–H groups in total. The third-order valence-corrected chi connectivity index (χ3v) is 7.37. The summed E-state index contributed by atoms with van der Waals surface area (Å²) >= 11 is 6.04. The minimum absolute atomic E-state index is 0.0450. The van der Waals surface area contributed by atoms with E-state index >= 15 is 0 Å². The molecule has 3 aliphatic rings. The standard InChI is InChI=1S/C21H22ClN3O7/c1-25(2)15-8-4-6-3-7-12(10(26)5-9(22)14(7)23)16(27)11(6)18(29)21(8,32)19(30)13(17(15)28)20(24)31/h5-6,8,11,13,15,26,32H,3-4,23H2,1-2H3,(H2,24,31). The third kappa shape index (κ3) is 2.69. The number of nitrogens with two attached hydrogens (primary N) is 2. The van der Waals surface area contributed by atoms with Crippen molar-refractivity contribution in [3.63, 3.8) is 0 Å². The van der Waals surface area contributed by atoms with E-state index in [1.165, 1.54) is 19.0 Å². The van der Waals surface area contributed by atoms with Gasteiger partial charge in [-0.1, -0.05) is 11.6 Å². The Bertz CT molecular complexity index is 1120. The number of ketones is 4. The summed E-state index contributed by atoms with van der Waals surface area (Å²) in [4.78, 5) is 66.2. The largest absolute Gasteiger partial charge is 0.507 e. The van der Waals surface area contributed by atoms with Gasteiger partial charge in [-0.15, -0.1) is 0 Å². The van der Waals surface area contributed by atoms with Gasteiger partial charge in [-0.2, -0.15) is 0 Å². The molecule has 0 saturated heterocycles. The van der Waals surface area contributed by atoms with Gasteiger partial charge in [0.15, 0.2) is 34.7 Å². The lowest BCUT2D eigenvalue weighted by Crippen LogP contribution is -2.74. The molecule has 0 aliphatic heterocycles. The van der Waals surface area contributed by atoms with Crippen molar-refractivity contribution in [2.45, 2.75) is 24.5 Å². The molecule has 2 saturated carbocycles. The topological polar surface area (TPSA) is 181 Å².